The number of hydrogen-bond acceptors (Lipinski definition) is 5. The fraction of sp³-hybridized carbons (Fsp3) is 0.350. The molecule has 0 bridgehead atoms. The van der Waals surface area contributed by atoms with E-state index in [0.29, 0.717) is 23.6 Å². The molecule has 7 heteroatoms. The molecule has 0 spiro atoms. The molecule has 0 heterocycles. The summed E-state index contributed by atoms with van der Waals surface area (Å²) in [7, 11) is 4.67. The van der Waals surface area contributed by atoms with Gasteiger partial charge in [0.15, 0.2) is 11.5 Å². The van der Waals surface area contributed by atoms with E-state index in [2.05, 4.69) is 10.6 Å². The van der Waals surface area contributed by atoms with E-state index >= 15 is 0 Å². The van der Waals surface area contributed by atoms with E-state index in [4.69, 9.17) is 14.2 Å². The van der Waals surface area contributed by atoms with E-state index in [-0.39, 0.29) is 6.54 Å². The molecule has 1 atom stereocenters. The second-order valence-corrected chi connectivity index (χ2v) is 6.40. The van der Waals surface area contributed by atoms with Crippen LogP contribution in [0.4, 0.5) is 10.5 Å². The first-order valence-corrected chi connectivity index (χ1v) is 8.49. The molecule has 0 saturated heterocycles. The van der Waals surface area contributed by atoms with Crippen molar-refractivity contribution in [1.82, 2.24) is 5.32 Å². The maximum absolute atomic E-state index is 12.1. The number of methoxy groups -OCH3 is 3. The number of ether oxygens (including phenoxy) is 3. The zero-order chi connectivity index (χ0) is 19.9. The van der Waals surface area contributed by atoms with Crippen LogP contribution in [0.3, 0.4) is 0 Å². The first-order valence-electron chi connectivity index (χ1n) is 8.49. The molecule has 1 unspecified atom stereocenters. The van der Waals surface area contributed by atoms with E-state index in [1.54, 1.807) is 39.3 Å². The van der Waals surface area contributed by atoms with E-state index in [0.717, 1.165) is 11.3 Å². The number of hydrogen-bond donors (Lipinski definition) is 3. The molecule has 0 aliphatic carbocycles. The number of carbonyl (C=O) groups is 1. The third kappa shape index (κ3) is 6.07. The molecule has 2 amide bonds. The van der Waals surface area contributed by atoms with Gasteiger partial charge in [0.2, 0.25) is 0 Å². The van der Waals surface area contributed by atoms with Gasteiger partial charge in [0, 0.05) is 24.7 Å². The Morgan fingerprint density at radius 3 is 2.26 bits per heavy atom. The first-order chi connectivity index (χ1) is 12.9. The molecule has 2 aromatic carbocycles. The summed E-state index contributed by atoms with van der Waals surface area (Å²) < 4.78 is 15.5. The summed E-state index contributed by atoms with van der Waals surface area (Å²) in [6.07, 6.45) is 0.396. The molecule has 27 heavy (non-hydrogen) atoms. The molecule has 0 aliphatic rings. The number of urea groups is 1. The van der Waals surface area contributed by atoms with Crippen molar-refractivity contribution in [1.29, 1.82) is 0 Å². The summed E-state index contributed by atoms with van der Waals surface area (Å²) in [6, 6.07) is 12.1. The number of nitrogens with one attached hydrogen (secondary N) is 2. The lowest BCUT2D eigenvalue weighted by atomic mass is 9.96. The van der Waals surface area contributed by atoms with Gasteiger partial charge in [-0.25, -0.2) is 4.79 Å². The van der Waals surface area contributed by atoms with Crippen molar-refractivity contribution in [3.63, 3.8) is 0 Å². The summed E-state index contributed by atoms with van der Waals surface area (Å²) in [5, 5.41) is 15.9. The van der Waals surface area contributed by atoms with Crippen LogP contribution < -0.4 is 24.8 Å². The number of rotatable bonds is 8. The van der Waals surface area contributed by atoms with Gasteiger partial charge in [-0.3, -0.25) is 0 Å². The summed E-state index contributed by atoms with van der Waals surface area (Å²) in [5.74, 6) is 1.85. The molecule has 0 saturated carbocycles. The van der Waals surface area contributed by atoms with Crippen LogP contribution in [0.25, 0.3) is 0 Å². The summed E-state index contributed by atoms with van der Waals surface area (Å²) in [5.41, 5.74) is 0.409. The van der Waals surface area contributed by atoms with Crippen LogP contribution in [0, 0.1) is 0 Å². The third-order valence-electron chi connectivity index (χ3n) is 4.02. The van der Waals surface area contributed by atoms with Crippen molar-refractivity contribution in [2.75, 3.05) is 33.2 Å². The largest absolute Gasteiger partial charge is 0.497 e. The van der Waals surface area contributed by atoms with E-state index in [1.807, 2.05) is 24.3 Å². The van der Waals surface area contributed by atoms with Crippen LogP contribution in [0.15, 0.2) is 42.5 Å². The lowest BCUT2D eigenvalue weighted by molar-refractivity contribution is 0.0629. The molecule has 0 radical (unpaired) electrons. The Hall–Kier alpha value is -2.93. The van der Waals surface area contributed by atoms with Crippen molar-refractivity contribution >= 4 is 11.7 Å². The first kappa shape index (κ1) is 20.4. The Labute approximate surface area is 159 Å². The van der Waals surface area contributed by atoms with Gasteiger partial charge in [-0.05, 0) is 36.8 Å². The lowest BCUT2D eigenvalue weighted by Crippen LogP contribution is -2.43. The molecule has 3 N–H and O–H groups in total. The van der Waals surface area contributed by atoms with Crippen molar-refractivity contribution in [2.45, 2.75) is 18.9 Å². The van der Waals surface area contributed by atoms with Crippen LogP contribution in [0.5, 0.6) is 17.2 Å². The quantitative estimate of drug-likeness (QED) is 0.661. The molecule has 2 aromatic rings. The number of carbonyl (C=O) groups excluding carboxylic acids is 1. The second-order valence-electron chi connectivity index (χ2n) is 6.40. The van der Waals surface area contributed by atoms with E-state index < -0.39 is 11.6 Å². The van der Waals surface area contributed by atoms with Gasteiger partial charge in [-0.1, -0.05) is 12.1 Å². The van der Waals surface area contributed by atoms with Crippen molar-refractivity contribution in [2.24, 2.45) is 0 Å². The van der Waals surface area contributed by atoms with Gasteiger partial charge in [-0.2, -0.15) is 0 Å². The van der Waals surface area contributed by atoms with Crippen LogP contribution >= 0.6 is 0 Å². The highest BCUT2D eigenvalue weighted by Gasteiger charge is 2.22. The SMILES string of the molecule is COc1ccc(CC(C)(O)CNC(=O)Nc2ccc(OC)c(OC)c2)cc1. The number of anilines is 1. The van der Waals surface area contributed by atoms with Crippen LogP contribution in [-0.4, -0.2) is 44.6 Å². The Morgan fingerprint density at radius 1 is 1.00 bits per heavy atom. The molecule has 0 aliphatic heterocycles. The van der Waals surface area contributed by atoms with Gasteiger partial charge < -0.3 is 30.0 Å². The normalized spacial score (nSPS) is 12.6. The van der Waals surface area contributed by atoms with Crippen molar-refractivity contribution in [3.05, 3.63) is 48.0 Å². The highest BCUT2D eigenvalue weighted by atomic mass is 16.5. The predicted octanol–water partition coefficient (Wildman–Crippen LogP) is 2.83. The molecular formula is C20H26N2O5. The van der Waals surface area contributed by atoms with Gasteiger partial charge in [-0.15, -0.1) is 0 Å². The fourth-order valence-corrected chi connectivity index (χ4v) is 2.61. The number of benzene rings is 2. The molecule has 7 nitrogen and oxygen atoms in total. The van der Waals surface area contributed by atoms with Crippen LogP contribution in [0.2, 0.25) is 0 Å². The second kappa shape index (κ2) is 9.14. The highest BCUT2D eigenvalue weighted by molar-refractivity contribution is 5.89. The van der Waals surface area contributed by atoms with Crippen LogP contribution in [-0.2, 0) is 6.42 Å². The molecule has 0 aromatic heterocycles. The maximum atomic E-state index is 12.1. The maximum Gasteiger partial charge on any atom is 0.319 e. The van der Waals surface area contributed by atoms with Crippen molar-refractivity contribution in [3.8, 4) is 17.2 Å². The monoisotopic (exact) mass is 374 g/mol. The third-order valence-corrected chi connectivity index (χ3v) is 4.02. The lowest BCUT2D eigenvalue weighted by Gasteiger charge is -2.24. The minimum absolute atomic E-state index is 0.0954. The highest BCUT2D eigenvalue weighted by Crippen LogP contribution is 2.29. The molecule has 146 valence electrons. The smallest absolute Gasteiger partial charge is 0.319 e. The molecule has 2 rings (SSSR count). The summed E-state index contributed by atoms with van der Waals surface area (Å²) in [4.78, 5) is 12.1. The van der Waals surface area contributed by atoms with Gasteiger partial charge in [0.05, 0.1) is 26.9 Å². The van der Waals surface area contributed by atoms with Gasteiger partial charge in [0.1, 0.15) is 5.75 Å². The Balaban J connectivity index is 1.89. The minimum Gasteiger partial charge on any atom is -0.497 e. The summed E-state index contributed by atoms with van der Waals surface area (Å²) in [6.45, 7) is 1.77. The number of amides is 2. The van der Waals surface area contributed by atoms with Crippen molar-refractivity contribution < 1.29 is 24.1 Å². The van der Waals surface area contributed by atoms with Gasteiger partial charge in [0.25, 0.3) is 0 Å². The predicted molar refractivity (Wildman–Crippen MR) is 104 cm³/mol. The Kier molecular flexibility index (Phi) is 6.90. The summed E-state index contributed by atoms with van der Waals surface area (Å²) >= 11 is 0. The topological polar surface area (TPSA) is 89.1 Å². The average molecular weight is 374 g/mol. The van der Waals surface area contributed by atoms with E-state index in [9.17, 15) is 9.90 Å². The fourth-order valence-electron chi connectivity index (χ4n) is 2.61. The average Bonchev–Trinajstić information content (AvgIpc) is 2.66. The number of aliphatic hydroxyl groups is 1. The molecular weight excluding hydrogens is 348 g/mol. The Bertz CT molecular complexity index is 759. The van der Waals surface area contributed by atoms with Crippen LogP contribution in [0.1, 0.15) is 12.5 Å². The van der Waals surface area contributed by atoms with Gasteiger partial charge >= 0.3 is 6.03 Å². The zero-order valence-electron chi connectivity index (χ0n) is 16.0. The Morgan fingerprint density at radius 2 is 1.67 bits per heavy atom. The zero-order valence-corrected chi connectivity index (χ0v) is 16.0. The van der Waals surface area contributed by atoms with E-state index in [1.165, 1.54) is 7.11 Å². The standard InChI is InChI=1S/C20H26N2O5/c1-20(24,12-14-5-8-16(25-2)9-6-14)13-21-19(23)22-15-7-10-17(26-3)18(11-15)27-4/h5-11,24H,12-13H2,1-4H3,(H2,21,22,23). The minimum atomic E-state index is -1.09. The molecule has 0 fully saturated rings.